The van der Waals surface area contributed by atoms with E-state index in [-0.39, 0.29) is 6.42 Å². The van der Waals surface area contributed by atoms with Gasteiger partial charge in [-0.3, -0.25) is 4.79 Å². The summed E-state index contributed by atoms with van der Waals surface area (Å²) in [5, 5.41) is 15.8. The van der Waals surface area contributed by atoms with Crippen LogP contribution in [0.1, 0.15) is 64.7 Å². The molecule has 0 spiro atoms. The Morgan fingerprint density at radius 2 is 2.23 bits per heavy atom. The van der Waals surface area contributed by atoms with E-state index in [1.807, 2.05) is 0 Å². The topological polar surface area (TPSA) is 61.4 Å². The van der Waals surface area contributed by atoms with Crippen molar-refractivity contribution in [1.29, 1.82) is 0 Å². The van der Waals surface area contributed by atoms with E-state index in [1.165, 1.54) is 50.8 Å². The summed E-state index contributed by atoms with van der Waals surface area (Å²) in [6.45, 7) is 6.53. The lowest BCUT2D eigenvalue weighted by Gasteiger charge is -2.22. The van der Waals surface area contributed by atoms with Gasteiger partial charge in [0.2, 0.25) is 0 Å². The Kier molecular flexibility index (Phi) is 11.0. The Morgan fingerprint density at radius 1 is 1.36 bits per heavy atom. The van der Waals surface area contributed by atoms with Gasteiger partial charge in [-0.25, -0.2) is 0 Å². The van der Waals surface area contributed by atoms with E-state index >= 15 is 0 Å². The van der Waals surface area contributed by atoms with Crippen LogP contribution in [0.3, 0.4) is 0 Å². The smallest absolute Gasteiger partial charge is 0.303 e. The van der Waals surface area contributed by atoms with E-state index in [4.69, 9.17) is 5.11 Å². The van der Waals surface area contributed by atoms with Crippen LogP contribution in [0.4, 0.5) is 0 Å². The van der Waals surface area contributed by atoms with Crippen molar-refractivity contribution in [2.45, 2.75) is 64.7 Å². The highest BCUT2D eigenvalue weighted by Gasteiger charge is 2.12. The summed E-state index contributed by atoms with van der Waals surface area (Å²) >= 11 is 0. The number of aliphatic carboxylic acids is 1. The maximum Gasteiger partial charge on any atom is 0.303 e. The van der Waals surface area contributed by atoms with Gasteiger partial charge >= 0.3 is 5.97 Å². The largest absolute Gasteiger partial charge is 0.481 e. The predicted octanol–water partition coefficient (Wildman–Crippen LogP) is 3.34. The summed E-state index contributed by atoms with van der Waals surface area (Å²) < 4.78 is 0. The number of carboxylic acids is 1. The Bertz CT molecular complexity index is 323. The van der Waals surface area contributed by atoms with Crippen LogP contribution in [-0.2, 0) is 4.79 Å². The van der Waals surface area contributed by atoms with E-state index in [9.17, 15) is 4.79 Å². The molecule has 0 aromatic carbocycles. The van der Waals surface area contributed by atoms with Gasteiger partial charge in [0.1, 0.15) is 0 Å². The molecule has 1 saturated heterocycles. The Labute approximate surface area is 135 Å². The fourth-order valence-electron chi connectivity index (χ4n) is 2.97. The average Bonchev–Trinajstić information content (AvgIpc) is 2.52. The molecule has 3 N–H and O–H groups in total. The van der Waals surface area contributed by atoms with E-state index in [1.54, 1.807) is 0 Å². The van der Waals surface area contributed by atoms with Crippen molar-refractivity contribution < 1.29 is 9.90 Å². The molecule has 1 aliphatic heterocycles. The van der Waals surface area contributed by atoms with E-state index in [2.05, 4.69) is 23.6 Å². The molecule has 4 heteroatoms. The van der Waals surface area contributed by atoms with Crippen molar-refractivity contribution in [3.8, 4) is 0 Å². The molecule has 0 aromatic rings. The highest BCUT2D eigenvalue weighted by atomic mass is 16.4. The van der Waals surface area contributed by atoms with E-state index < -0.39 is 5.97 Å². The quantitative estimate of drug-likeness (QED) is 0.382. The van der Waals surface area contributed by atoms with Crippen molar-refractivity contribution in [2.75, 3.05) is 26.2 Å². The second-order valence-electron chi connectivity index (χ2n) is 6.43. The number of hydrogen-bond donors (Lipinski definition) is 3. The van der Waals surface area contributed by atoms with Crippen LogP contribution in [-0.4, -0.2) is 37.3 Å². The Morgan fingerprint density at radius 3 is 2.91 bits per heavy atom. The van der Waals surface area contributed by atoms with Crippen LogP contribution >= 0.6 is 0 Å². The first-order chi connectivity index (χ1) is 10.7. The molecule has 128 valence electrons. The first kappa shape index (κ1) is 19.2. The van der Waals surface area contributed by atoms with Gasteiger partial charge in [0, 0.05) is 13.0 Å². The number of nitrogens with one attached hydrogen (secondary N) is 2. The van der Waals surface area contributed by atoms with E-state index in [0.717, 1.165) is 38.3 Å². The normalized spacial score (nSPS) is 19.3. The minimum atomic E-state index is -0.689. The molecule has 1 rings (SSSR count). The number of allylic oxidation sites excluding steroid dienone is 1. The minimum Gasteiger partial charge on any atom is -0.481 e. The second-order valence-corrected chi connectivity index (χ2v) is 6.43. The molecule has 1 heterocycles. The summed E-state index contributed by atoms with van der Waals surface area (Å²) in [6, 6.07) is 0. The van der Waals surface area contributed by atoms with Gasteiger partial charge in [-0.05, 0) is 64.1 Å². The first-order valence-corrected chi connectivity index (χ1v) is 9.03. The first-order valence-electron chi connectivity index (χ1n) is 9.03. The van der Waals surface area contributed by atoms with Crippen molar-refractivity contribution in [3.05, 3.63) is 11.6 Å². The number of piperidine rings is 1. The third kappa shape index (κ3) is 9.96. The second kappa shape index (κ2) is 12.7. The maximum absolute atomic E-state index is 10.6. The number of carbonyl (C=O) groups is 1. The zero-order valence-electron chi connectivity index (χ0n) is 14.2. The summed E-state index contributed by atoms with van der Waals surface area (Å²) in [5.41, 5.74) is 1.39. The van der Waals surface area contributed by atoms with Crippen LogP contribution < -0.4 is 10.6 Å². The highest BCUT2D eigenvalue weighted by molar-refractivity contribution is 5.66. The zero-order chi connectivity index (χ0) is 16.0. The summed E-state index contributed by atoms with van der Waals surface area (Å²) in [4.78, 5) is 10.6. The van der Waals surface area contributed by atoms with Crippen LogP contribution in [0.5, 0.6) is 0 Å². The van der Waals surface area contributed by atoms with Crippen molar-refractivity contribution >= 4 is 5.97 Å². The summed E-state index contributed by atoms with van der Waals surface area (Å²) in [5.74, 6) is 0.131. The minimum absolute atomic E-state index is 0.277. The molecule has 1 fully saturated rings. The van der Waals surface area contributed by atoms with Gasteiger partial charge in [0.05, 0.1) is 0 Å². The molecule has 0 bridgehead atoms. The van der Waals surface area contributed by atoms with Gasteiger partial charge in [0.15, 0.2) is 0 Å². The predicted molar refractivity (Wildman–Crippen MR) is 92.2 cm³/mol. The van der Waals surface area contributed by atoms with Gasteiger partial charge < -0.3 is 15.7 Å². The van der Waals surface area contributed by atoms with Gasteiger partial charge in [0.25, 0.3) is 0 Å². The maximum atomic E-state index is 10.6. The van der Waals surface area contributed by atoms with Gasteiger partial charge in [-0.1, -0.05) is 31.4 Å². The van der Waals surface area contributed by atoms with Crippen molar-refractivity contribution in [3.63, 3.8) is 0 Å². The van der Waals surface area contributed by atoms with Crippen LogP contribution in [0.2, 0.25) is 0 Å². The zero-order valence-corrected chi connectivity index (χ0v) is 14.2. The summed E-state index contributed by atoms with van der Waals surface area (Å²) in [6.07, 6.45) is 11.7. The van der Waals surface area contributed by atoms with Crippen LogP contribution in [0.25, 0.3) is 0 Å². The summed E-state index contributed by atoms with van der Waals surface area (Å²) in [7, 11) is 0. The lowest BCUT2D eigenvalue weighted by molar-refractivity contribution is -0.137. The molecule has 0 aromatic heterocycles. The highest BCUT2D eigenvalue weighted by Crippen LogP contribution is 2.13. The molecule has 1 unspecified atom stereocenters. The SMILES string of the molecule is CCCCC=C(CCCC(=O)O)CNCCC1CCCNC1. The molecule has 0 amide bonds. The molecule has 0 radical (unpaired) electrons. The molecule has 4 nitrogen and oxygen atoms in total. The lowest BCUT2D eigenvalue weighted by Crippen LogP contribution is -2.32. The average molecular weight is 310 g/mol. The molecule has 1 aliphatic rings. The van der Waals surface area contributed by atoms with Gasteiger partial charge in [-0.15, -0.1) is 0 Å². The third-order valence-electron chi connectivity index (χ3n) is 4.36. The molecular weight excluding hydrogens is 276 g/mol. The van der Waals surface area contributed by atoms with Gasteiger partial charge in [-0.2, -0.15) is 0 Å². The molecule has 0 saturated carbocycles. The van der Waals surface area contributed by atoms with Crippen LogP contribution in [0, 0.1) is 5.92 Å². The molecule has 22 heavy (non-hydrogen) atoms. The monoisotopic (exact) mass is 310 g/mol. The third-order valence-corrected chi connectivity index (χ3v) is 4.36. The van der Waals surface area contributed by atoms with Crippen molar-refractivity contribution in [1.82, 2.24) is 10.6 Å². The number of rotatable bonds is 12. The standard InChI is InChI=1S/C18H34N2O2/c1-2-3-4-7-16(8-5-10-18(21)22)14-20-13-11-17-9-6-12-19-15-17/h7,17,19-20H,2-6,8-15H2,1H3,(H,21,22). The van der Waals surface area contributed by atoms with E-state index in [0.29, 0.717) is 0 Å². The molecule has 1 atom stereocenters. The molecule has 0 aliphatic carbocycles. The Balaban J connectivity index is 2.20. The Hall–Kier alpha value is -0.870. The van der Waals surface area contributed by atoms with Crippen LogP contribution in [0.15, 0.2) is 11.6 Å². The number of carboxylic acid groups (broad SMARTS) is 1. The lowest BCUT2D eigenvalue weighted by atomic mass is 9.96. The fraction of sp³-hybridized carbons (Fsp3) is 0.833. The number of hydrogen-bond acceptors (Lipinski definition) is 3. The van der Waals surface area contributed by atoms with Crippen molar-refractivity contribution in [2.24, 2.45) is 5.92 Å². The fourth-order valence-corrected chi connectivity index (χ4v) is 2.97. The molecular formula is C18H34N2O2. The number of unbranched alkanes of at least 4 members (excludes halogenated alkanes) is 2.